The van der Waals surface area contributed by atoms with E-state index in [2.05, 4.69) is 26.8 Å². The van der Waals surface area contributed by atoms with E-state index in [1.807, 2.05) is 42.5 Å². The summed E-state index contributed by atoms with van der Waals surface area (Å²) in [6.07, 6.45) is 0. The molecule has 0 bridgehead atoms. The molecule has 8 heteroatoms. The smallest absolute Gasteiger partial charge is 0.231 e. The number of guanidine groups is 1. The average molecular weight is 380 g/mol. The minimum Gasteiger partial charge on any atom is -0.497 e. The summed E-state index contributed by atoms with van der Waals surface area (Å²) in [7, 11) is -0.415. The molecule has 7 nitrogen and oxygen atoms in total. The second-order valence-electron chi connectivity index (χ2n) is 6.62. The van der Waals surface area contributed by atoms with Gasteiger partial charge in [0.05, 0.1) is 7.11 Å². The molecular weight excluding hydrogens is 359 g/mol. The van der Waals surface area contributed by atoms with Crippen LogP contribution in [-0.2, 0) is 0 Å². The molecule has 0 aromatic heterocycles. The predicted octanol–water partition coefficient (Wildman–Crippen LogP) is 3.50. The third kappa shape index (κ3) is 3.30. The molecule has 27 heavy (non-hydrogen) atoms. The summed E-state index contributed by atoms with van der Waals surface area (Å²) in [5.41, 5.74) is 1.96. The highest BCUT2D eigenvalue weighted by Crippen LogP contribution is 2.65. The highest BCUT2D eigenvalue weighted by Gasteiger charge is 2.47. The lowest BCUT2D eigenvalue weighted by Gasteiger charge is -2.26. The van der Waals surface area contributed by atoms with E-state index in [1.165, 1.54) is 0 Å². The number of anilines is 1. The van der Waals surface area contributed by atoms with Crippen LogP contribution in [0, 0.1) is 0 Å². The van der Waals surface area contributed by atoms with Gasteiger partial charge in [0.1, 0.15) is 5.75 Å². The normalized spacial score (nSPS) is 20.9. The van der Waals surface area contributed by atoms with E-state index in [9.17, 15) is 0 Å². The molecule has 3 aliphatic heterocycles. The molecule has 0 saturated carbocycles. The fourth-order valence-corrected chi connectivity index (χ4v) is 5.97. The van der Waals surface area contributed by atoms with Crippen molar-refractivity contribution < 1.29 is 4.74 Å². The number of hydrogen-bond acceptors (Lipinski definition) is 7. The van der Waals surface area contributed by atoms with E-state index >= 15 is 0 Å². The number of ether oxygens (including phenoxy) is 1. The fraction of sp³-hybridized carbons (Fsp3) is 0.263. The maximum atomic E-state index is 5.24. The zero-order valence-corrected chi connectivity index (χ0v) is 16.0. The van der Waals surface area contributed by atoms with Crippen LogP contribution in [0.2, 0.25) is 0 Å². The second kappa shape index (κ2) is 6.60. The molecule has 2 fully saturated rings. The van der Waals surface area contributed by atoms with Gasteiger partial charge in [0, 0.05) is 37.4 Å². The molecule has 0 aliphatic carbocycles. The summed E-state index contributed by atoms with van der Waals surface area (Å²) >= 11 is 0. The van der Waals surface area contributed by atoms with Crippen LogP contribution in [0.1, 0.15) is 5.56 Å². The van der Waals surface area contributed by atoms with Crippen molar-refractivity contribution in [2.24, 2.45) is 14.5 Å². The van der Waals surface area contributed by atoms with E-state index in [4.69, 9.17) is 19.2 Å². The van der Waals surface area contributed by atoms with E-state index in [1.54, 1.807) is 7.11 Å². The molecule has 5 rings (SSSR count). The molecule has 0 radical (unpaired) electrons. The van der Waals surface area contributed by atoms with Gasteiger partial charge in [-0.2, -0.15) is 14.5 Å². The number of nitrogens with one attached hydrogen (secondary N) is 1. The first kappa shape index (κ1) is 16.7. The van der Waals surface area contributed by atoms with E-state index in [0.717, 1.165) is 49.0 Å². The molecule has 0 atom stereocenters. The summed E-state index contributed by atoms with van der Waals surface area (Å²) in [6.45, 7) is 4.20. The minimum atomic E-state index is -2.08. The number of methoxy groups -OCH3 is 1. The first-order valence-electron chi connectivity index (χ1n) is 9.05. The van der Waals surface area contributed by atoms with Crippen LogP contribution in [0.15, 0.2) is 69.1 Å². The summed E-state index contributed by atoms with van der Waals surface area (Å²) in [4.78, 5) is 4.74. The summed E-state index contributed by atoms with van der Waals surface area (Å²) in [5.74, 6) is 2.21. The zero-order valence-electron chi connectivity index (χ0n) is 15.1. The Labute approximate surface area is 158 Å². The molecule has 0 amide bonds. The lowest BCUT2D eigenvalue weighted by atomic mass is 10.2. The molecule has 1 N–H and O–H groups in total. The van der Waals surface area contributed by atoms with E-state index < -0.39 is 7.51 Å². The molecule has 138 valence electrons. The van der Waals surface area contributed by atoms with Crippen molar-refractivity contribution in [2.75, 3.05) is 38.6 Å². The highest BCUT2D eigenvalue weighted by molar-refractivity contribution is 7.61. The van der Waals surface area contributed by atoms with Crippen molar-refractivity contribution in [1.82, 2.24) is 9.34 Å². The summed E-state index contributed by atoms with van der Waals surface area (Å²) < 4.78 is 20.1. The first-order valence-corrected chi connectivity index (χ1v) is 10.7. The largest absolute Gasteiger partial charge is 0.497 e. The molecular formula is C19H21N6OP. The van der Waals surface area contributed by atoms with Gasteiger partial charge in [-0.25, -0.2) is 9.34 Å². The third-order valence-electron chi connectivity index (χ3n) is 4.65. The van der Waals surface area contributed by atoms with Crippen LogP contribution < -0.4 is 10.1 Å². The average Bonchev–Trinajstić information content (AvgIpc) is 3.60. The number of aliphatic imine (C=N–C) groups is 1. The molecule has 0 unspecified atom stereocenters. The van der Waals surface area contributed by atoms with Gasteiger partial charge in [-0.1, -0.05) is 30.3 Å². The molecule has 3 aliphatic rings. The Kier molecular flexibility index (Phi) is 4.08. The SMILES string of the molecule is COc1ccc(NC2=NP(N3CC3)(N3CC3)=NC(c3ccccc3)=N2)cc1. The standard InChI is InChI=1S/C19H21N6OP/c1-26-17-9-7-16(8-10-17)20-19-21-18(15-5-3-2-4-6-15)22-27(23-19,24-11-12-24)25-13-14-25/h2-10H,11-14H2,1H3,(H,20,23). The van der Waals surface area contributed by atoms with Gasteiger partial charge < -0.3 is 10.1 Å². The number of benzene rings is 2. The number of amidine groups is 1. The quantitative estimate of drug-likeness (QED) is 0.637. The van der Waals surface area contributed by atoms with Crippen molar-refractivity contribution in [1.29, 1.82) is 0 Å². The van der Waals surface area contributed by atoms with Crippen LogP contribution in [0.25, 0.3) is 0 Å². The van der Waals surface area contributed by atoms with Gasteiger partial charge in [-0.05, 0) is 24.3 Å². The number of hydrogen-bond donors (Lipinski definition) is 1. The molecule has 3 heterocycles. The lowest BCUT2D eigenvalue weighted by molar-refractivity contribution is 0.415. The Balaban J connectivity index is 1.55. The van der Waals surface area contributed by atoms with Gasteiger partial charge in [-0.3, -0.25) is 0 Å². The Morgan fingerprint density at radius 2 is 1.59 bits per heavy atom. The first-order chi connectivity index (χ1) is 13.3. The monoisotopic (exact) mass is 380 g/mol. The fourth-order valence-electron chi connectivity index (χ4n) is 3.05. The molecule has 0 spiro atoms. The van der Waals surface area contributed by atoms with Crippen LogP contribution in [-0.4, -0.2) is 54.4 Å². The topological polar surface area (TPSA) is 64.4 Å². The van der Waals surface area contributed by atoms with Gasteiger partial charge in [0.25, 0.3) is 0 Å². The molecule has 2 saturated heterocycles. The Morgan fingerprint density at radius 1 is 0.926 bits per heavy atom. The number of rotatable bonds is 5. The maximum absolute atomic E-state index is 5.24. The van der Waals surface area contributed by atoms with Crippen molar-refractivity contribution in [3.8, 4) is 5.75 Å². The van der Waals surface area contributed by atoms with Crippen LogP contribution >= 0.6 is 7.51 Å². The van der Waals surface area contributed by atoms with Crippen molar-refractivity contribution in [2.45, 2.75) is 0 Å². The third-order valence-corrected chi connectivity index (χ3v) is 7.89. The van der Waals surface area contributed by atoms with Crippen LogP contribution in [0.4, 0.5) is 5.69 Å². The van der Waals surface area contributed by atoms with Gasteiger partial charge >= 0.3 is 0 Å². The van der Waals surface area contributed by atoms with Gasteiger partial charge in [0.2, 0.25) is 13.5 Å². The van der Waals surface area contributed by atoms with Crippen LogP contribution in [0.3, 0.4) is 0 Å². The van der Waals surface area contributed by atoms with Crippen molar-refractivity contribution in [3.05, 3.63) is 60.2 Å². The molecule has 2 aromatic carbocycles. The Bertz CT molecular complexity index is 945. The Morgan fingerprint density at radius 3 is 2.19 bits per heavy atom. The summed E-state index contributed by atoms with van der Waals surface area (Å²) in [6, 6.07) is 17.9. The highest BCUT2D eigenvalue weighted by atomic mass is 31.2. The zero-order chi connectivity index (χ0) is 18.3. The second-order valence-corrected chi connectivity index (χ2v) is 9.23. The maximum Gasteiger partial charge on any atom is 0.231 e. The Hall–Kier alpha value is -2.47. The van der Waals surface area contributed by atoms with Gasteiger partial charge in [-0.15, -0.1) is 0 Å². The van der Waals surface area contributed by atoms with Crippen molar-refractivity contribution >= 4 is 25.0 Å². The van der Waals surface area contributed by atoms with Gasteiger partial charge in [0.15, 0.2) is 5.84 Å². The summed E-state index contributed by atoms with van der Waals surface area (Å²) in [5, 5.41) is 3.37. The van der Waals surface area contributed by atoms with E-state index in [0.29, 0.717) is 5.96 Å². The molecule has 2 aromatic rings. The number of nitrogens with zero attached hydrogens (tertiary/aromatic N) is 5. The minimum absolute atomic E-state index is 0.626. The predicted molar refractivity (Wildman–Crippen MR) is 110 cm³/mol. The van der Waals surface area contributed by atoms with E-state index in [-0.39, 0.29) is 0 Å². The van der Waals surface area contributed by atoms with Crippen LogP contribution in [0.5, 0.6) is 5.75 Å². The lowest BCUT2D eigenvalue weighted by Crippen LogP contribution is -2.19. The van der Waals surface area contributed by atoms with Crippen molar-refractivity contribution in [3.63, 3.8) is 0 Å².